The van der Waals surface area contributed by atoms with Crippen molar-refractivity contribution in [2.75, 3.05) is 33.3 Å². The number of piperidine rings is 1. The van der Waals surface area contributed by atoms with Crippen molar-refractivity contribution in [2.24, 2.45) is 0 Å². The van der Waals surface area contributed by atoms with Crippen LogP contribution in [-0.2, 0) is 26.3 Å². The molecule has 0 saturated carbocycles. The second-order valence-corrected chi connectivity index (χ2v) is 8.33. The lowest BCUT2D eigenvalue weighted by Crippen LogP contribution is -2.48. The number of likely N-dealkylation sites (tertiary alicyclic amines) is 1. The van der Waals surface area contributed by atoms with Crippen LogP contribution < -0.4 is 5.32 Å². The van der Waals surface area contributed by atoms with E-state index in [0.717, 1.165) is 44.6 Å². The van der Waals surface area contributed by atoms with Gasteiger partial charge in [0.25, 0.3) is 0 Å². The fourth-order valence-corrected chi connectivity index (χ4v) is 4.20. The van der Waals surface area contributed by atoms with Gasteiger partial charge in [-0.05, 0) is 55.6 Å². The second kappa shape index (κ2) is 11.0. The topological polar surface area (TPSA) is 58.6 Å². The van der Waals surface area contributed by atoms with Gasteiger partial charge in [0.05, 0.1) is 13.7 Å². The van der Waals surface area contributed by atoms with Gasteiger partial charge in [-0.15, -0.1) is 0 Å². The second-order valence-electron chi connectivity index (χ2n) is 8.33. The minimum absolute atomic E-state index is 0.0652. The molecule has 5 nitrogen and oxygen atoms in total. The lowest BCUT2D eigenvalue weighted by Gasteiger charge is -2.42. The van der Waals surface area contributed by atoms with Crippen molar-refractivity contribution in [3.63, 3.8) is 0 Å². The third-order valence-corrected chi connectivity index (χ3v) is 6.04. The number of carbonyl (C=O) groups is 2. The molecule has 1 aliphatic heterocycles. The molecule has 31 heavy (non-hydrogen) atoms. The minimum Gasteiger partial charge on any atom is -0.466 e. The van der Waals surface area contributed by atoms with Crippen molar-refractivity contribution in [2.45, 2.75) is 31.7 Å². The molecular formula is C26H32N2O3. The van der Waals surface area contributed by atoms with E-state index in [1.165, 1.54) is 24.3 Å². The van der Waals surface area contributed by atoms with Crippen LogP contribution in [-0.4, -0.2) is 49.9 Å². The Morgan fingerprint density at radius 1 is 1.06 bits per heavy atom. The molecule has 2 aromatic carbocycles. The Morgan fingerprint density at radius 3 is 2.35 bits per heavy atom. The standard InChI is InChI=1S/C26H32N2O3/c1-21(29)18-27-20-26(24-6-4-3-5-7-24)14-16-28(17-15-26)19-23-10-8-22(9-11-23)12-13-25(30)31-2/h3-13,27H,14-20H2,1-2H3/b13-12+. The lowest BCUT2D eigenvalue weighted by molar-refractivity contribution is -0.134. The zero-order valence-electron chi connectivity index (χ0n) is 18.5. The van der Waals surface area contributed by atoms with Gasteiger partial charge >= 0.3 is 5.97 Å². The molecule has 5 heteroatoms. The summed E-state index contributed by atoms with van der Waals surface area (Å²) in [6.07, 6.45) is 5.31. The van der Waals surface area contributed by atoms with Gasteiger partial charge in [0, 0.05) is 24.6 Å². The Bertz CT molecular complexity index is 883. The maximum Gasteiger partial charge on any atom is 0.330 e. The Labute approximate surface area is 185 Å². The SMILES string of the molecule is COC(=O)/C=C/c1ccc(CN2CCC(CNCC(C)=O)(c3ccccc3)CC2)cc1. The first-order valence-electron chi connectivity index (χ1n) is 10.8. The summed E-state index contributed by atoms with van der Waals surface area (Å²) in [5, 5.41) is 3.38. The first-order valence-corrected chi connectivity index (χ1v) is 10.8. The third kappa shape index (κ3) is 6.61. The quantitative estimate of drug-likeness (QED) is 0.496. The van der Waals surface area contributed by atoms with Crippen LogP contribution in [0.2, 0.25) is 0 Å². The van der Waals surface area contributed by atoms with Gasteiger partial charge in [-0.1, -0.05) is 54.6 Å². The van der Waals surface area contributed by atoms with E-state index in [0.29, 0.717) is 6.54 Å². The maximum absolute atomic E-state index is 11.4. The summed E-state index contributed by atoms with van der Waals surface area (Å²) in [6.45, 7) is 5.82. The van der Waals surface area contributed by atoms with Crippen LogP contribution in [0.25, 0.3) is 6.08 Å². The third-order valence-electron chi connectivity index (χ3n) is 6.04. The summed E-state index contributed by atoms with van der Waals surface area (Å²) >= 11 is 0. The zero-order valence-corrected chi connectivity index (χ0v) is 18.5. The molecule has 1 N–H and O–H groups in total. The van der Waals surface area contributed by atoms with Gasteiger partial charge in [0.1, 0.15) is 5.78 Å². The Kier molecular flexibility index (Phi) is 8.15. The molecule has 0 radical (unpaired) electrons. The molecule has 1 heterocycles. The number of nitrogens with zero attached hydrogens (tertiary/aromatic N) is 1. The van der Waals surface area contributed by atoms with Crippen molar-refractivity contribution < 1.29 is 14.3 Å². The van der Waals surface area contributed by atoms with Gasteiger partial charge in [-0.3, -0.25) is 9.69 Å². The van der Waals surface area contributed by atoms with E-state index in [9.17, 15) is 9.59 Å². The number of rotatable bonds is 9. The molecule has 0 bridgehead atoms. The fraction of sp³-hybridized carbons (Fsp3) is 0.385. The molecule has 0 aromatic heterocycles. The van der Waals surface area contributed by atoms with Crippen molar-refractivity contribution in [3.05, 3.63) is 77.4 Å². The van der Waals surface area contributed by atoms with E-state index in [-0.39, 0.29) is 17.2 Å². The Morgan fingerprint density at radius 2 is 1.74 bits per heavy atom. The molecule has 2 aromatic rings. The zero-order chi connectivity index (χ0) is 22.1. The predicted molar refractivity (Wildman–Crippen MR) is 124 cm³/mol. The van der Waals surface area contributed by atoms with Crippen LogP contribution >= 0.6 is 0 Å². The van der Waals surface area contributed by atoms with E-state index in [2.05, 4.69) is 57.4 Å². The maximum atomic E-state index is 11.4. The molecule has 164 valence electrons. The van der Waals surface area contributed by atoms with Gasteiger partial charge < -0.3 is 10.1 Å². The lowest BCUT2D eigenvalue weighted by atomic mass is 9.72. The largest absolute Gasteiger partial charge is 0.466 e. The fourth-order valence-electron chi connectivity index (χ4n) is 4.20. The van der Waals surface area contributed by atoms with Crippen LogP contribution in [0.3, 0.4) is 0 Å². The van der Waals surface area contributed by atoms with Crippen molar-refractivity contribution in [3.8, 4) is 0 Å². The normalized spacial score (nSPS) is 16.3. The Balaban J connectivity index is 1.60. The molecule has 0 unspecified atom stereocenters. The monoisotopic (exact) mass is 420 g/mol. The first-order chi connectivity index (χ1) is 15.0. The van der Waals surface area contributed by atoms with Crippen molar-refractivity contribution in [1.82, 2.24) is 10.2 Å². The number of hydrogen-bond acceptors (Lipinski definition) is 5. The molecule has 1 aliphatic rings. The van der Waals surface area contributed by atoms with Crippen LogP contribution in [0.4, 0.5) is 0 Å². The Hall–Kier alpha value is -2.76. The number of esters is 1. The summed E-state index contributed by atoms with van der Waals surface area (Å²) in [6, 6.07) is 19.0. The van der Waals surface area contributed by atoms with Crippen LogP contribution in [0.5, 0.6) is 0 Å². The molecular weight excluding hydrogens is 388 g/mol. The van der Waals surface area contributed by atoms with Gasteiger partial charge in [0.15, 0.2) is 0 Å². The molecule has 1 fully saturated rings. The van der Waals surface area contributed by atoms with E-state index >= 15 is 0 Å². The van der Waals surface area contributed by atoms with Gasteiger partial charge in [-0.25, -0.2) is 4.79 Å². The van der Waals surface area contributed by atoms with E-state index in [1.54, 1.807) is 13.0 Å². The van der Waals surface area contributed by atoms with Crippen LogP contribution in [0, 0.1) is 0 Å². The van der Waals surface area contributed by atoms with E-state index in [1.807, 2.05) is 12.1 Å². The number of methoxy groups -OCH3 is 1. The highest BCUT2D eigenvalue weighted by Gasteiger charge is 2.35. The highest BCUT2D eigenvalue weighted by molar-refractivity contribution is 5.86. The molecule has 0 amide bonds. The molecule has 1 saturated heterocycles. The highest BCUT2D eigenvalue weighted by atomic mass is 16.5. The molecule has 0 aliphatic carbocycles. The summed E-state index contributed by atoms with van der Waals surface area (Å²) in [7, 11) is 1.38. The molecule has 3 rings (SSSR count). The van der Waals surface area contributed by atoms with E-state index < -0.39 is 0 Å². The van der Waals surface area contributed by atoms with Crippen LogP contribution in [0.1, 0.15) is 36.5 Å². The number of ether oxygens (including phenoxy) is 1. The smallest absolute Gasteiger partial charge is 0.330 e. The average Bonchev–Trinajstić information content (AvgIpc) is 2.80. The summed E-state index contributed by atoms with van der Waals surface area (Å²) in [4.78, 5) is 25.1. The van der Waals surface area contributed by atoms with Gasteiger partial charge in [-0.2, -0.15) is 0 Å². The summed E-state index contributed by atoms with van der Waals surface area (Å²) in [5.41, 5.74) is 3.66. The number of benzene rings is 2. The summed E-state index contributed by atoms with van der Waals surface area (Å²) < 4.78 is 4.63. The van der Waals surface area contributed by atoms with Crippen molar-refractivity contribution >= 4 is 17.8 Å². The van der Waals surface area contributed by atoms with Crippen LogP contribution in [0.15, 0.2) is 60.7 Å². The molecule has 0 atom stereocenters. The summed E-state index contributed by atoms with van der Waals surface area (Å²) in [5.74, 6) is -0.178. The first kappa shape index (κ1) is 22.9. The number of hydrogen-bond donors (Lipinski definition) is 1. The minimum atomic E-state index is -0.350. The van der Waals surface area contributed by atoms with E-state index in [4.69, 9.17) is 0 Å². The van der Waals surface area contributed by atoms with Gasteiger partial charge in [0.2, 0.25) is 0 Å². The van der Waals surface area contributed by atoms with Crippen molar-refractivity contribution in [1.29, 1.82) is 0 Å². The number of nitrogens with one attached hydrogen (secondary N) is 1. The number of ketones is 1. The number of Topliss-reactive ketones (excluding diaryl/α,β-unsaturated/α-hetero) is 1. The predicted octanol–water partition coefficient (Wildman–Crippen LogP) is 3.59. The molecule has 0 spiro atoms. The highest BCUT2D eigenvalue weighted by Crippen LogP contribution is 2.35. The number of carbonyl (C=O) groups excluding carboxylic acids is 2. The average molecular weight is 421 g/mol.